The summed E-state index contributed by atoms with van der Waals surface area (Å²) in [5.41, 5.74) is 3.68. The highest BCUT2D eigenvalue weighted by Gasteiger charge is 2.18. The number of carbonyl (C=O) groups is 1. The van der Waals surface area contributed by atoms with Crippen LogP contribution < -0.4 is 15.0 Å². The summed E-state index contributed by atoms with van der Waals surface area (Å²) in [6.45, 7) is 2.04. The maximum atomic E-state index is 12.6. The van der Waals surface area contributed by atoms with Crippen molar-refractivity contribution in [2.75, 3.05) is 4.72 Å². The summed E-state index contributed by atoms with van der Waals surface area (Å²) < 4.78 is 52.4. The first-order chi connectivity index (χ1) is 15.2. The van der Waals surface area contributed by atoms with Gasteiger partial charge in [-0.1, -0.05) is 43.7 Å². The van der Waals surface area contributed by atoms with Gasteiger partial charge in [0.25, 0.3) is 26.0 Å². The Bertz CT molecular complexity index is 1270. The third kappa shape index (κ3) is 5.94. The quantitative estimate of drug-likeness (QED) is 0.413. The van der Waals surface area contributed by atoms with E-state index in [1.54, 1.807) is 42.5 Å². The van der Waals surface area contributed by atoms with Gasteiger partial charge in [-0.15, -0.1) is 4.83 Å². The topological polar surface area (TPSA) is 121 Å². The van der Waals surface area contributed by atoms with Crippen molar-refractivity contribution in [2.24, 2.45) is 0 Å². The minimum Gasteiger partial charge on any atom is -0.280 e. The van der Waals surface area contributed by atoms with Gasteiger partial charge in [0.1, 0.15) is 0 Å². The molecule has 0 heterocycles. The van der Waals surface area contributed by atoms with E-state index in [1.165, 1.54) is 36.4 Å². The van der Waals surface area contributed by atoms with Crippen molar-refractivity contribution in [2.45, 2.75) is 29.6 Å². The molecule has 3 aromatic carbocycles. The monoisotopic (exact) mass is 473 g/mol. The lowest BCUT2D eigenvalue weighted by Gasteiger charge is -2.11. The molecule has 0 spiro atoms. The molecule has 0 atom stereocenters. The zero-order chi connectivity index (χ0) is 23.2. The van der Waals surface area contributed by atoms with Crippen LogP contribution in [0, 0.1) is 0 Å². The highest BCUT2D eigenvalue weighted by Crippen LogP contribution is 2.19. The zero-order valence-electron chi connectivity index (χ0n) is 17.3. The first-order valence-corrected chi connectivity index (χ1v) is 12.8. The number of sulfonamides is 2. The molecule has 0 saturated carbocycles. The van der Waals surface area contributed by atoms with Crippen molar-refractivity contribution >= 4 is 31.6 Å². The molecular formula is C22H23N3O5S2. The van der Waals surface area contributed by atoms with Crippen molar-refractivity contribution in [3.05, 3.63) is 90.0 Å². The number of hydrogen-bond donors (Lipinski definition) is 3. The second-order valence-electron chi connectivity index (χ2n) is 6.95. The number of rotatable bonds is 9. The Kier molecular flexibility index (Phi) is 7.29. The molecule has 32 heavy (non-hydrogen) atoms. The predicted molar refractivity (Wildman–Crippen MR) is 122 cm³/mol. The fraction of sp³-hybridized carbons (Fsp3) is 0.136. The van der Waals surface area contributed by atoms with Crippen LogP contribution in [0.1, 0.15) is 29.3 Å². The molecule has 0 aliphatic rings. The number of amides is 1. The summed E-state index contributed by atoms with van der Waals surface area (Å²) in [5.74, 6) is -0.608. The molecule has 0 aliphatic carbocycles. The van der Waals surface area contributed by atoms with Crippen LogP contribution in [0.25, 0.3) is 0 Å². The average Bonchev–Trinajstić information content (AvgIpc) is 2.79. The number of aryl methyl sites for hydroxylation is 1. The van der Waals surface area contributed by atoms with E-state index in [9.17, 15) is 21.6 Å². The lowest BCUT2D eigenvalue weighted by atomic mass is 10.1. The summed E-state index contributed by atoms with van der Waals surface area (Å²) in [7, 11) is -7.86. The van der Waals surface area contributed by atoms with Gasteiger partial charge in [-0.05, 0) is 60.5 Å². The molecule has 0 radical (unpaired) electrons. The lowest BCUT2D eigenvalue weighted by molar-refractivity contribution is 0.0945. The zero-order valence-corrected chi connectivity index (χ0v) is 18.9. The number of nitrogens with one attached hydrogen (secondary N) is 3. The predicted octanol–water partition coefficient (Wildman–Crippen LogP) is 3.06. The molecule has 3 aromatic rings. The van der Waals surface area contributed by atoms with Gasteiger partial charge in [0.15, 0.2) is 0 Å². The fourth-order valence-corrected chi connectivity index (χ4v) is 4.77. The van der Waals surface area contributed by atoms with E-state index < -0.39 is 26.0 Å². The summed E-state index contributed by atoms with van der Waals surface area (Å²) in [6.07, 6.45) is 1.83. The third-order valence-electron chi connectivity index (χ3n) is 4.52. The molecule has 0 saturated heterocycles. The molecule has 3 N–H and O–H groups in total. The molecule has 0 fully saturated rings. The molecule has 1 amide bonds. The van der Waals surface area contributed by atoms with Gasteiger partial charge in [-0.3, -0.25) is 14.9 Å². The third-order valence-corrected chi connectivity index (χ3v) is 7.18. The van der Waals surface area contributed by atoms with Crippen LogP contribution in [-0.4, -0.2) is 22.7 Å². The van der Waals surface area contributed by atoms with Crippen LogP contribution in [0.2, 0.25) is 0 Å². The maximum absolute atomic E-state index is 12.6. The van der Waals surface area contributed by atoms with Gasteiger partial charge in [-0.2, -0.15) is 0 Å². The minimum atomic E-state index is -4.05. The van der Waals surface area contributed by atoms with E-state index in [0.29, 0.717) is 5.56 Å². The van der Waals surface area contributed by atoms with Gasteiger partial charge in [0.2, 0.25) is 0 Å². The Morgan fingerprint density at radius 3 is 1.91 bits per heavy atom. The van der Waals surface area contributed by atoms with E-state index in [1.807, 2.05) is 11.8 Å². The van der Waals surface area contributed by atoms with Crippen molar-refractivity contribution in [1.82, 2.24) is 10.3 Å². The smallest absolute Gasteiger partial charge is 0.266 e. The van der Waals surface area contributed by atoms with Crippen LogP contribution in [0.15, 0.2) is 88.7 Å². The summed E-state index contributed by atoms with van der Waals surface area (Å²) in [4.78, 5) is 14.0. The number of hydrazine groups is 1. The summed E-state index contributed by atoms with van der Waals surface area (Å²) in [5, 5.41) is 0. The van der Waals surface area contributed by atoms with Crippen LogP contribution in [0.5, 0.6) is 0 Å². The first-order valence-electron chi connectivity index (χ1n) is 9.80. The van der Waals surface area contributed by atoms with Gasteiger partial charge >= 0.3 is 0 Å². The highest BCUT2D eigenvalue weighted by molar-refractivity contribution is 7.92. The standard InChI is InChI=1S/C22H23N3O5S2/c1-2-6-17-9-13-20(14-10-17)31(27,28)24-19-11-15-21(16-12-19)32(29,30)25-23-22(26)18-7-4-3-5-8-18/h3-5,7-16,24-25H,2,6H2,1H3,(H,23,26). The molecule has 8 nitrogen and oxygen atoms in total. The molecule has 0 bridgehead atoms. The fourth-order valence-electron chi connectivity index (χ4n) is 2.87. The second-order valence-corrected chi connectivity index (χ2v) is 10.3. The largest absolute Gasteiger partial charge is 0.280 e. The van der Waals surface area contributed by atoms with E-state index in [-0.39, 0.29) is 15.5 Å². The normalized spacial score (nSPS) is 11.7. The average molecular weight is 474 g/mol. The Morgan fingerprint density at radius 2 is 1.31 bits per heavy atom. The van der Waals surface area contributed by atoms with Crippen molar-refractivity contribution in [1.29, 1.82) is 0 Å². The van der Waals surface area contributed by atoms with Crippen LogP contribution in [0.4, 0.5) is 5.69 Å². The molecule has 0 aliphatic heterocycles. The van der Waals surface area contributed by atoms with Gasteiger partial charge in [-0.25, -0.2) is 16.8 Å². The number of hydrogen-bond acceptors (Lipinski definition) is 5. The molecule has 168 valence electrons. The minimum absolute atomic E-state index is 0.111. The molecule has 10 heteroatoms. The molecule has 0 unspecified atom stereocenters. The van der Waals surface area contributed by atoms with Gasteiger partial charge in [0, 0.05) is 11.3 Å². The summed E-state index contributed by atoms with van der Waals surface area (Å²) >= 11 is 0. The van der Waals surface area contributed by atoms with Crippen LogP contribution >= 0.6 is 0 Å². The van der Waals surface area contributed by atoms with Crippen molar-refractivity contribution in [3.8, 4) is 0 Å². The SMILES string of the molecule is CCCc1ccc(S(=O)(=O)Nc2ccc(S(=O)(=O)NNC(=O)c3ccccc3)cc2)cc1. The van der Waals surface area contributed by atoms with E-state index in [2.05, 4.69) is 10.1 Å². The number of carbonyl (C=O) groups excluding carboxylic acids is 1. The number of anilines is 1. The Balaban J connectivity index is 1.66. The highest BCUT2D eigenvalue weighted by atomic mass is 32.2. The lowest BCUT2D eigenvalue weighted by Crippen LogP contribution is -2.41. The van der Waals surface area contributed by atoms with Gasteiger partial charge in [0.05, 0.1) is 9.79 Å². The molecular weight excluding hydrogens is 450 g/mol. The maximum Gasteiger partial charge on any atom is 0.266 e. The van der Waals surface area contributed by atoms with E-state index >= 15 is 0 Å². The van der Waals surface area contributed by atoms with Crippen LogP contribution in [0.3, 0.4) is 0 Å². The number of benzene rings is 3. The second kappa shape index (κ2) is 9.94. The first kappa shape index (κ1) is 23.5. The van der Waals surface area contributed by atoms with Crippen molar-refractivity contribution < 1.29 is 21.6 Å². The Labute approximate surface area is 187 Å². The Morgan fingerprint density at radius 1 is 0.750 bits per heavy atom. The Hall–Kier alpha value is -3.21. The van der Waals surface area contributed by atoms with E-state index in [4.69, 9.17) is 0 Å². The summed E-state index contributed by atoms with van der Waals surface area (Å²) in [6, 6.07) is 19.9. The molecule has 0 aromatic heterocycles. The van der Waals surface area contributed by atoms with Gasteiger partial charge < -0.3 is 0 Å². The molecule has 3 rings (SSSR count). The van der Waals surface area contributed by atoms with E-state index in [0.717, 1.165) is 18.4 Å². The van der Waals surface area contributed by atoms with Crippen LogP contribution in [-0.2, 0) is 26.5 Å². The van der Waals surface area contributed by atoms with Crippen molar-refractivity contribution in [3.63, 3.8) is 0 Å².